The summed E-state index contributed by atoms with van der Waals surface area (Å²) >= 11 is 0. The first kappa shape index (κ1) is 9.10. The Morgan fingerprint density at radius 1 is 1.67 bits per heavy atom. The van der Waals surface area contributed by atoms with Crippen LogP contribution in [0.15, 0.2) is 11.9 Å². The topological polar surface area (TPSA) is 32.3 Å². The third-order valence-corrected chi connectivity index (χ3v) is 2.44. The van der Waals surface area contributed by atoms with E-state index in [9.17, 15) is 0 Å². The molecule has 1 unspecified atom stereocenters. The number of amidine groups is 1. The minimum atomic E-state index is 0.523. The van der Waals surface area contributed by atoms with Gasteiger partial charge in [0.05, 0.1) is 20.6 Å². The molecular weight excluding hydrogens is 150 g/mol. The van der Waals surface area contributed by atoms with Crippen molar-refractivity contribution in [3.8, 4) is 0 Å². The van der Waals surface area contributed by atoms with Crippen molar-refractivity contribution < 1.29 is 4.58 Å². The van der Waals surface area contributed by atoms with Crippen molar-refractivity contribution in [1.82, 2.24) is 4.90 Å². The first-order chi connectivity index (χ1) is 5.52. The van der Waals surface area contributed by atoms with Gasteiger partial charge in [-0.15, -0.1) is 0 Å². The van der Waals surface area contributed by atoms with Crippen LogP contribution in [0.2, 0.25) is 0 Å². The van der Waals surface area contributed by atoms with Crippen LogP contribution < -0.4 is 5.73 Å². The molecule has 0 saturated carbocycles. The van der Waals surface area contributed by atoms with E-state index in [1.54, 1.807) is 0 Å². The number of hydrogen-bond donors (Lipinski definition) is 1. The van der Waals surface area contributed by atoms with Gasteiger partial charge in [-0.25, -0.2) is 4.90 Å². The fraction of sp³-hybridized carbons (Fsp3) is 0.667. The van der Waals surface area contributed by atoms with Crippen LogP contribution >= 0.6 is 0 Å². The largest absolute Gasteiger partial charge is 0.367 e. The molecule has 1 heterocycles. The van der Waals surface area contributed by atoms with Gasteiger partial charge in [0.1, 0.15) is 0 Å². The summed E-state index contributed by atoms with van der Waals surface area (Å²) in [4.78, 5) is 2.02. The molecule has 0 spiro atoms. The van der Waals surface area contributed by atoms with Crippen molar-refractivity contribution in [2.75, 3.05) is 20.6 Å². The third kappa shape index (κ3) is 1.60. The van der Waals surface area contributed by atoms with Crippen LogP contribution in [-0.2, 0) is 0 Å². The minimum absolute atomic E-state index is 0.523. The maximum atomic E-state index is 5.86. The van der Waals surface area contributed by atoms with Crippen molar-refractivity contribution >= 4 is 5.84 Å². The molecule has 12 heavy (non-hydrogen) atoms. The van der Waals surface area contributed by atoms with E-state index in [0.717, 1.165) is 12.4 Å². The first-order valence-corrected chi connectivity index (χ1v) is 4.28. The predicted octanol–water partition coefficient (Wildman–Crippen LogP) is 0.429. The second kappa shape index (κ2) is 3.17. The van der Waals surface area contributed by atoms with E-state index in [4.69, 9.17) is 5.73 Å². The van der Waals surface area contributed by atoms with Gasteiger partial charge in [0.2, 0.25) is 5.84 Å². The molecule has 1 atom stereocenters. The Kier molecular flexibility index (Phi) is 2.40. The summed E-state index contributed by atoms with van der Waals surface area (Å²) in [6.45, 7) is 5.30. The zero-order chi connectivity index (χ0) is 9.30. The Labute approximate surface area is 74.2 Å². The second-order valence-corrected chi connectivity index (χ2v) is 3.56. The van der Waals surface area contributed by atoms with Gasteiger partial charge in [-0.1, -0.05) is 6.92 Å². The molecule has 1 aliphatic heterocycles. The highest BCUT2D eigenvalue weighted by molar-refractivity contribution is 5.76. The van der Waals surface area contributed by atoms with E-state index < -0.39 is 0 Å². The number of nitrogens with zero attached hydrogens (tertiary/aromatic N) is 2. The fourth-order valence-corrected chi connectivity index (χ4v) is 1.46. The highest BCUT2D eigenvalue weighted by atomic mass is 15.3. The summed E-state index contributed by atoms with van der Waals surface area (Å²) < 4.78 is 2.22. The van der Waals surface area contributed by atoms with Crippen LogP contribution in [0, 0.1) is 5.92 Å². The Morgan fingerprint density at radius 2 is 2.25 bits per heavy atom. The van der Waals surface area contributed by atoms with E-state index in [0.29, 0.717) is 5.92 Å². The normalized spacial score (nSPS) is 25.5. The quantitative estimate of drug-likeness (QED) is 0.532. The molecule has 3 nitrogen and oxygen atoms in total. The monoisotopic (exact) mass is 168 g/mol. The zero-order valence-electron chi connectivity index (χ0n) is 8.33. The maximum Gasteiger partial charge on any atom is 0.249 e. The predicted molar refractivity (Wildman–Crippen MR) is 50.9 cm³/mol. The molecule has 2 N–H and O–H groups in total. The fourth-order valence-electron chi connectivity index (χ4n) is 1.46. The summed E-state index contributed by atoms with van der Waals surface area (Å²) in [7, 11) is 4.09. The van der Waals surface area contributed by atoms with Crippen molar-refractivity contribution in [3.63, 3.8) is 0 Å². The lowest BCUT2D eigenvalue weighted by molar-refractivity contribution is -0.506. The molecule has 68 valence electrons. The SMILES string of the molecule is CC1=[N+](C)CC(C)C=C(N)N1C. The van der Waals surface area contributed by atoms with E-state index in [2.05, 4.69) is 31.5 Å². The molecule has 0 radical (unpaired) electrons. The van der Waals surface area contributed by atoms with Crippen molar-refractivity contribution in [1.29, 1.82) is 0 Å². The number of rotatable bonds is 0. The molecule has 0 saturated heterocycles. The maximum absolute atomic E-state index is 5.86. The number of nitrogens with two attached hydrogens (primary N) is 1. The summed E-state index contributed by atoms with van der Waals surface area (Å²) in [6, 6.07) is 0. The first-order valence-electron chi connectivity index (χ1n) is 4.28. The zero-order valence-corrected chi connectivity index (χ0v) is 8.33. The lowest BCUT2D eigenvalue weighted by Crippen LogP contribution is -2.32. The van der Waals surface area contributed by atoms with Gasteiger partial charge in [-0.05, 0) is 6.08 Å². The average Bonchev–Trinajstić information content (AvgIpc) is 2.05. The van der Waals surface area contributed by atoms with Gasteiger partial charge in [-0.3, -0.25) is 4.58 Å². The molecule has 1 rings (SSSR count). The van der Waals surface area contributed by atoms with Crippen LogP contribution in [0.1, 0.15) is 13.8 Å². The average molecular weight is 168 g/mol. The second-order valence-electron chi connectivity index (χ2n) is 3.56. The Hall–Kier alpha value is -0.990. The van der Waals surface area contributed by atoms with Gasteiger partial charge in [-0.2, -0.15) is 0 Å². The summed E-state index contributed by atoms with van der Waals surface area (Å²) in [5.41, 5.74) is 5.86. The van der Waals surface area contributed by atoms with E-state index in [-0.39, 0.29) is 0 Å². The molecule has 1 aliphatic rings. The highest BCUT2D eigenvalue weighted by Gasteiger charge is 2.20. The Morgan fingerprint density at radius 3 is 2.83 bits per heavy atom. The number of hydrogen-bond acceptors (Lipinski definition) is 2. The molecule has 0 aromatic rings. The Balaban J connectivity index is 3.00. The molecule has 0 bridgehead atoms. The molecular formula is C9H18N3+. The van der Waals surface area contributed by atoms with Gasteiger partial charge in [0, 0.05) is 12.8 Å². The van der Waals surface area contributed by atoms with E-state index in [1.165, 1.54) is 5.84 Å². The third-order valence-electron chi connectivity index (χ3n) is 2.44. The molecule has 3 heteroatoms. The van der Waals surface area contributed by atoms with Crippen LogP contribution in [0.3, 0.4) is 0 Å². The van der Waals surface area contributed by atoms with Gasteiger partial charge >= 0.3 is 0 Å². The minimum Gasteiger partial charge on any atom is -0.367 e. The van der Waals surface area contributed by atoms with Crippen molar-refractivity contribution in [2.45, 2.75) is 13.8 Å². The van der Waals surface area contributed by atoms with Crippen LogP contribution in [0.25, 0.3) is 0 Å². The smallest absolute Gasteiger partial charge is 0.249 e. The molecule has 0 aromatic carbocycles. The summed E-state index contributed by atoms with van der Waals surface area (Å²) in [6.07, 6.45) is 2.10. The highest BCUT2D eigenvalue weighted by Crippen LogP contribution is 2.07. The van der Waals surface area contributed by atoms with Crippen LogP contribution in [-0.4, -0.2) is 36.0 Å². The van der Waals surface area contributed by atoms with Crippen LogP contribution in [0.4, 0.5) is 0 Å². The lowest BCUT2D eigenvalue weighted by atomic mass is 10.2. The standard InChI is InChI=1S/C9H18N3/c1-7-5-9(10)12(4)8(2)11(3)6-7/h5,7H,6,10H2,1-4H3/q+1. The Bertz CT molecular complexity index is 240. The van der Waals surface area contributed by atoms with Crippen molar-refractivity contribution in [2.24, 2.45) is 11.7 Å². The molecule has 0 amide bonds. The van der Waals surface area contributed by atoms with Crippen molar-refractivity contribution in [3.05, 3.63) is 11.9 Å². The molecule has 0 aromatic heterocycles. The summed E-state index contributed by atoms with van der Waals surface area (Å²) in [5, 5.41) is 0. The van der Waals surface area contributed by atoms with E-state index >= 15 is 0 Å². The van der Waals surface area contributed by atoms with Gasteiger partial charge in [0.25, 0.3) is 0 Å². The summed E-state index contributed by atoms with van der Waals surface area (Å²) in [5.74, 6) is 2.58. The van der Waals surface area contributed by atoms with Crippen LogP contribution in [0.5, 0.6) is 0 Å². The van der Waals surface area contributed by atoms with Gasteiger partial charge < -0.3 is 5.73 Å². The van der Waals surface area contributed by atoms with Gasteiger partial charge in [0.15, 0.2) is 5.82 Å². The molecule has 0 fully saturated rings. The lowest BCUT2D eigenvalue weighted by Gasteiger charge is -2.10. The van der Waals surface area contributed by atoms with E-state index in [1.807, 2.05) is 11.9 Å². The molecule has 0 aliphatic carbocycles.